The van der Waals surface area contributed by atoms with Crippen LogP contribution in [0.5, 0.6) is 0 Å². The number of hydrogen-bond donors (Lipinski definition) is 2. The van der Waals surface area contributed by atoms with Crippen LogP contribution in [0.25, 0.3) is 0 Å². The number of aryl methyl sites for hydroxylation is 1. The summed E-state index contributed by atoms with van der Waals surface area (Å²) >= 11 is 9.33. The first-order valence-electron chi connectivity index (χ1n) is 5.34. The second kappa shape index (κ2) is 5.54. The Labute approximate surface area is 119 Å². The topological polar surface area (TPSA) is 49.8 Å². The molecule has 1 aromatic carbocycles. The fourth-order valence-electron chi connectivity index (χ4n) is 1.48. The quantitative estimate of drug-likeness (QED) is 0.895. The van der Waals surface area contributed by atoms with Gasteiger partial charge in [0.1, 0.15) is 17.5 Å². The van der Waals surface area contributed by atoms with Crippen molar-refractivity contribution in [3.05, 3.63) is 39.6 Å². The number of benzene rings is 1. The first-order chi connectivity index (χ1) is 8.58. The van der Waals surface area contributed by atoms with Gasteiger partial charge in [0.05, 0.1) is 5.02 Å². The Hall–Kier alpha value is -1.33. The third kappa shape index (κ3) is 3.11. The molecule has 0 aliphatic carbocycles. The van der Waals surface area contributed by atoms with Crippen molar-refractivity contribution in [3.8, 4) is 0 Å². The van der Waals surface area contributed by atoms with Crippen molar-refractivity contribution in [1.29, 1.82) is 0 Å². The molecule has 0 aliphatic rings. The average molecular weight is 328 g/mol. The highest BCUT2D eigenvalue weighted by Crippen LogP contribution is 2.27. The highest BCUT2D eigenvalue weighted by molar-refractivity contribution is 9.10. The van der Waals surface area contributed by atoms with Gasteiger partial charge in [-0.3, -0.25) is 0 Å². The zero-order valence-electron chi connectivity index (χ0n) is 9.96. The van der Waals surface area contributed by atoms with Gasteiger partial charge in [0.25, 0.3) is 0 Å². The average Bonchev–Trinajstić information content (AvgIpc) is 2.33. The van der Waals surface area contributed by atoms with Crippen molar-refractivity contribution < 1.29 is 0 Å². The van der Waals surface area contributed by atoms with E-state index in [-0.39, 0.29) is 0 Å². The van der Waals surface area contributed by atoms with Gasteiger partial charge >= 0.3 is 0 Å². The van der Waals surface area contributed by atoms with E-state index in [0.29, 0.717) is 10.8 Å². The molecule has 2 N–H and O–H groups in total. The van der Waals surface area contributed by atoms with E-state index in [1.807, 2.05) is 38.2 Å². The van der Waals surface area contributed by atoms with Crippen molar-refractivity contribution >= 4 is 44.9 Å². The van der Waals surface area contributed by atoms with Crippen LogP contribution < -0.4 is 10.6 Å². The van der Waals surface area contributed by atoms with E-state index in [1.54, 1.807) is 0 Å². The van der Waals surface area contributed by atoms with Gasteiger partial charge in [-0.1, -0.05) is 11.6 Å². The molecule has 4 nitrogen and oxygen atoms in total. The van der Waals surface area contributed by atoms with Crippen LogP contribution in [-0.4, -0.2) is 17.0 Å². The smallest absolute Gasteiger partial charge is 0.136 e. The lowest BCUT2D eigenvalue weighted by Gasteiger charge is -2.09. The van der Waals surface area contributed by atoms with E-state index in [9.17, 15) is 0 Å². The van der Waals surface area contributed by atoms with Gasteiger partial charge in [0.15, 0.2) is 0 Å². The number of anilines is 3. The molecule has 0 aliphatic heterocycles. The molecule has 6 heteroatoms. The lowest BCUT2D eigenvalue weighted by Crippen LogP contribution is -2.01. The molecule has 0 unspecified atom stereocenters. The molecule has 0 saturated heterocycles. The molecule has 0 radical (unpaired) electrons. The fraction of sp³-hybridized carbons (Fsp3) is 0.167. The van der Waals surface area contributed by atoms with E-state index in [2.05, 4.69) is 36.5 Å². The summed E-state index contributed by atoms with van der Waals surface area (Å²) in [6.45, 7) is 1.85. The zero-order valence-corrected chi connectivity index (χ0v) is 12.3. The van der Waals surface area contributed by atoms with E-state index in [0.717, 1.165) is 21.8 Å². The second-order valence-corrected chi connectivity index (χ2v) is 4.95. The van der Waals surface area contributed by atoms with Gasteiger partial charge in [-0.05, 0) is 41.1 Å². The first kappa shape index (κ1) is 13.1. The van der Waals surface area contributed by atoms with E-state index < -0.39 is 0 Å². The lowest BCUT2D eigenvalue weighted by atomic mass is 10.3. The molecular weight excluding hydrogens is 316 g/mol. The number of rotatable bonds is 3. The van der Waals surface area contributed by atoms with Crippen molar-refractivity contribution in [2.45, 2.75) is 6.92 Å². The van der Waals surface area contributed by atoms with Crippen LogP contribution >= 0.6 is 27.5 Å². The number of nitrogens with zero attached hydrogens (tertiary/aromatic N) is 2. The number of hydrogen-bond acceptors (Lipinski definition) is 4. The summed E-state index contributed by atoms with van der Waals surface area (Å²) < 4.78 is 0.841. The minimum Gasteiger partial charge on any atom is -0.373 e. The molecule has 0 amide bonds. The molecular formula is C12H12BrClN4. The maximum atomic E-state index is 5.95. The van der Waals surface area contributed by atoms with Crippen molar-refractivity contribution in [2.75, 3.05) is 17.7 Å². The first-order valence-corrected chi connectivity index (χ1v) is 6.51. The molecule has 18 heavy (non-hydrogen) atoms. The summed E-state index contributed by atoms with van der Waals surface area (Å²) in [6.07, 6.45) is 0. The van der Waals surface area contributed by atoms with Crippen molar-refractivity contribution in [1.82, 2.24) is 9.97 Å². The molecule has 0 saturated carbocycles. The Morgan fingerprint density at radius 1 is 1.17 bits per heavy atom. The Kier molecular flexibility index (Phi) is 4.04. The van der Waals surface area contributed by atoms with Crippen LogP contribution in [-0.2, 0) is 0 Å². The number of nitrogens with one attached hydrogen (secondary N) is 2. The van der Waals surface area contributed by atoms with Crippen LogP contribution in [0.2, 0.25) is 5.02 Å². The number of aromatic nitrogens is 2. The summed E-state index contributed by atoms with van der Waals surface area (Å²) in [5.41, 5.74) is 0.909. The zero-order chi connectivity index (χ0) is 13.1. The van der Waals surface area contributed by atoms with Crippen molar-refractivity contribution in [3.63, 3.8) is 0 Å². The summed E-state index contributed by atoms with van der Waals surface area (Å²) in [7, 11) is 1.82. The van der Waals surface area contributed by atoms with E-state index >= 15 is 0 Å². The highest BCUT2D eigenvalue weighted by Gasteiger charge is 2.03. The molecule has 1 aromatic heterocycles. The van der Waals surface area contributed by atoms with Gasteiger partial charge in [0, 0.05) is 23.3 Å². The van der Waals surface area contributed by atoms with E-state index in [1.165, 1.54) is 0 Å². The minimum atomic E-state index is 0.676. The van der Waals surface area contributed by atoms with Crippen LogP contribution in [0.4, 0.5) is 17.3 Å². The van der Waals surface area contributed by atoms with Crippen LogP contribution in [0, 0.1) is 6.92 Å². The summed E-state index contributed by atoms with van der Waals surface area (Å²) in [5.74, 6) is 2.22. The molecule has 0 fully saturated rings. The van der Waals surface area contributed by atoms with Gasteiger partial charge in [-0.15, -0.1) is 0 Å². The Balaban J connectivity index is 2.27. The van der Waals surface area contributed by atoms with Crippen LogP contribution in [0.3, 0.4) is 0 Å². The van der Waals surface area contributed by atoms with E-state index in [4.69, 9.17) is 11.6 Å². The maximum Gasteiger partial charge on any atom is 0.136 e. The standard InChI is InChI=1S/C12H12BrClN4/c1-7-16-11(15-2)6-12(17-7)18-8-3-4-10(14)9(13)5-8/h3-6H,1-2H3,(H2,15,16,17,18). The predicted molar refractivity (Wildman–Crippen MR) is 78.8 cm³/mol. The molecule has 0 bridgehead atoms. The van der Waals surface area contributed by atoms with Gasteiger partial charge < -0.3 is 10.6 Å². The van der Waals surface area contributed by atoms with Crippen molar-refractivity contribution in [2.24, 2.45) is 0 Å². The van der Waals surface area contributed by atoms with Gasteiger partial charge in [0.2, 0.25) is 0 Å². The lowest BCUT2D eigenvalue weighted by molar-refractivity contribution is 1.06. The molecule has 94 valence electrons. The van der Waals surface area contributed by atoms with Gasteiger partial charge in [-0.25, -0.2) is 9.97 Å². The predicted octanol–water partition coefficient (Wildman–Crippen LogP) is 3.99. The summed E-state index contributed by atoms with van der Waals surface area (Å²) in [5, 5.41) is 6.88. The molecule has 2 aromatic rings. The second-order valence-electron chi connectivity index (χ2n) is 3.69. The van der Waals surface area contributed by atoms with Crippen LogP contribution in [0.15, 0.2) is 28.7 Å². The monoisotopic (exact) mass is 326 g/mol. The molecule has 0 atom stereocenters. The largest absolute Gasteiger partial charge is 0.373 e. The Bertz CT molecular complexity index is 574. The fourth-order valence-corrected chi connectivity index (χ4v) is 1.98. The third-order valence-corrected chi connectivity index (χ3v) is 3.50. The minimum absolute atomic E-state index is 0.676. The molecule has 2 rings (SSSR count). The third-order valence-electron chi connectivity index (χ3n) is 2.29. The Morgan fingerprint density at radius 3 is 2.56 bits per heavy atom. The molecule has 1 heterocycles. The normalized spacial score (nSPS) is 10.2. The molecule has 0 spiro atoms. The maximum absolute atomic E-state index is 5.95. The van der Waals surface area contributed by atoms with Gasteiger partial charge in [-0.2, -0.15) is 0 Å². The summed E-state index contributed by atoms with van der Waals surface area (Å²) in [4.78, 5) is 8.55. The Morgan fingerprint density at radius 2 is 1.89 bits per heavy atom. The number of halogens is 2. The highest BCUT2D eigenvalue weighted by atomic mass is 79.9. The summed E-state index contributed by atoms with van der Waals surface area (Å²) in [6, 6.07) is 7.46. The van der Waals surface area contributed by atoms with Crippen LogP contribution in [0.1, 0.15) is 5.82 Å². The SMILES string of the molecule is CNc1cc(Nc2ccc(Cl)c(Br)c2)nc(C)n1.